The van der Waals surface area contributed by atoms with Gasteiger partial charge in [0.05, 0.1) is 0 Å². The molecule has 3 nitrogen and oxygen atoms in total. The minimum absolute atomic E-state index is 0.177. The highest BCUT2D eigenvalue weighted by Gasteiger charge is 2.19. The number of thioether (sulfide) groups is 1. The van der Waals surface area contributed by atoms with Crippen LogP contribution in [-0.4, -0.2) is 43.2 Å². The molecule has 1 aliphatic heterocycles. The predicted molar refractivity (Wildman–Crippen MR) is 100 cm³/mol. The van der Waals surface area contributed by atoms with E-state index < -0.39 is 0 Å². The summed E-state index contributed by atoms with van der Waals surface area (Å²) in [6.07, 6.45) is 2.92. The van der Waals surface area contributed by atoms with E-state index in [4.69, 9.17) is 23.2 Å². The minimum Gasteiger partial charge on any atom is -0.355 e. The maximum absolute atomic E-state index is 12.0. The number of halogens is 2. The molecule has 1 saturated heterocycles. The van der Waals surface area contributed by atoms with E-state index in [0.29, 0.717) is 28.9 Å². The van der Waals surface area contributed by atoms with Gasteiger partial charge in [0.2, 0.25) is 5.91 Å². The molecule has 0 radical (unpaired) electrons. The maximum atomic E-state index is 12.0. The lowest BCUT2D eigenvalue weighted by atomic mass is 9.93. The van der Waals surface area contributed by atoms with Crippen molar-refractivity contribution in [2.75, 3.05) is 32.4 Å². The summed E-state index contributed by atoms with van der Waals surface area (Å²) in [6.45, 7) is 2.90. The topological polar surface area (TPSA) is 32.3 Å². The fourth-order valence-corrected chi connectivity index (χ4v) is 4.30. The van der Waals surface area contributed by atoms with Crippen molar-refractivity contribution in [1.82, 2.24) is 10.2 Å². The van der Waals surface area contributed by atoms with E-state index in [-0.39, 0.29) is 5.91 Å². The second-order valence-corrected chi connectivity index (χ2v) is 7.97. The highest BCUT2D eigenvalue weighted by atomic mass is 35.5. The number of nitrogens with zero attached hydrogens (tertiary/aromatic N) is 1. The van der Waals surface area contributed by atoms with Crippen LogP contribution in [0.5, 0.6) is 0 Å². The van der Waals surface area contributed by atoms with Crippen molar-refractivity contribution in [2.24, 2.45) is 5.92 Å². The Labute approximate surface area is 153 Å². The van der Waals surface area contributed by atoms with E-state index in [0.717, 1.165) is 43.0 Å². The number of nitrogens with one attached hydrogen (secondary N) is 1. The maximum Gasteiger partial charge on any atom is 0.220 e. The molecule has 1 amide bonds. The first kappa shape index (κ1) is 18.9. The monoisotopic (exact) mass is 374 g/mol. The van der Waals surface area contributed by atoms with Gasteiger partial charge in [0.25, 0.3) is 0 Å². The Bertz CT molecular complexity index is 499. The lowest BCUT2D eigenvalue weighted by Gasteiger charge is -2.28. The number of carbonyl (C=O) groups is 1. The van der Waals surface area contributed by atoms with Gasteiger partial charge in [-0.2, -0.15) is 11.8 Å². The third kappa shape index (κ3) is 6.54. The summed E-state index contributed by atoms with van der Waals surface area (Å²) in [6, 6.07) is 5.56. The molecule has 0 unspecified atom stereocenters. The second-order valence-electron chi connectivity index (χ2n) is 6.05. The largest absolute Gasteiger partial charge is 0.355 e. The molecule has 1 N–H and O–H groups in total. The molecule has 0 saturated carbocycles. The van der Waals surface area contributed by atoms with Gasteiger partial charge < -0.3 is 10.2 Å². The van der Waals surface area contributed by atoms with Crippen LogP contribution >= 0.6 is 35.0 Å². The van der Waals surface area contributed by atoms with Crippen LogP contribution in [0.1, 0.15) is 24.8 Å². The van der Waals surface area contributed by atoms with Crippen LogP contribution < -0.4 is 5.32 Å². The van der Waals surface area contributed by atoms with Crippen molar-refractivity contribution >= 4 is 40.9 Å². The van der Waals surface area contributed by atoms with Crippen LogP contribution in [0.25, 0.3) is 0 Å². The second kappa shape index (κ2) is 9.77. The van der Waals surface area contributed by atoms with Crippen molar-refractivity contribution in [2.45, 2.75) is 25.0 Å². The Morgan fingerprint density at radius 1 is 1.30 bits per heavy atom. The Morgan fingerprint density at radius 2 is 1.96 bits per heavy atom. The average molecular weight is 375 g/mol. The lowest BCUT2D eigenvalue weighted by Crippen LogP contribution is -2.34. The average Bonchev–Trinajstić information content (AvgIpc) is 2.52. The summed E-state index contributed by atoms with van der Waals surface area (Å²) < 4.78 is 0. The molecule has 1 aliphatic rings. The SMILES string of the molecule is CN1CCC(CC(=O)NCCSCc2c(Cl)cccc2Cl)CC1. The van der Waals surface area contributed by atoms with E-state index >= 15 is 0 Å². The van der Waals surface area contributed by atoms with Gasteiger partial charge in [0.1, 0.15) is 0 Å². The molecular formula is C17H24Cl2N2OS. The third-order valence-corrected chi connectivity index (χ3v) is 5.88. The molecular weight excluding hydrogens is 351 g/mol. The molecule has 1 aromatic rings. The van der Waals surface area contributed by atoms with Crippen LogP contribution in [0.2, 0.25) is 10.0 Å². The molecule has 1 aromatic carbocycles. The van der Waals surface area contributed by atoms with Crippen molar-refractivity contribution in [3.63, 3.8) is 0 Å². The lowest BCUT2D eigenvalue weighted by molar-refractivity contribution is -0.122. The molecule has 0 bridgehead atoms. The summed E-state index contributed by atoms with van der Waals surface area (Å²) >= 11 is 14.0. The molecule has 0 aliphatic carbocycles. The van der Waals surface area contributed by atoms with Crippen LogP contribution in [0.15, 0.2) is 18.2 Å². The summed E-state index contributed by atoms with van der Waals surface area (Å²) in [7, 11) is 2.14. The zero-order valence-electron chi connectivity index (χ0n) is 13.5. The van der Waals surface area contributed by atoms with Gasteiger partial charge in [-0.1, -0.05) is 29.3 Å². The van der Waals surface area contributed by atoms with Gasteiger partial charge in [-0.3, -0.25) is 4.79 Å². The van der Waals surface area contributed by atoms with E-state index in [1.54, 1.807) is 11.8 Å². The number of likely N-dealkylation sites (tertiary alicyclic amines) is 1. The molecule has 2 rings (SSSR count). The van der Waals surface area contributed by atoms with E-state index in [1.807, 2.05) is 18.2 Å². The van der Waals surface area contributed by atoms with Crippen LogP contribution in [-0.2, 0) is 10.5 Å². The van der Waals surface area contributed by atoms with Crippen LogP contribution in [0, 0.1) is 5.92 Å². The fourth-order valence-electron chi connectivity index (χ4n) is 2.71. The summed E-state index contributed by atoms with van der Waals surface area (Å²) in [5.74, 6) is 2.35. The zero-order chi connectivity index (χ0) is 16.7. The molecule has 6 heteroatoms. The fraction of sp³-hybridized carbons (Fsp3) is 0.588. The predicted octanol–water partition coefficient (Wildman–Crippen LogP) is 4.07. The zero-order valence-corrected chi connectivity index (χ0v) is 15.8. The summed E-state index contributed by atoms with van der Waals surface area (Å²) in [5.41, 5.74) is 0.971. The van der Waals surface area contributed by atoms with Gasteiger partial charge in [-0.15, -0.1) is 0 Å². The van der Waals surface area contributed by atoms with Gasteiger partial charge in [-0.05, 0) is 56.6 Å². The van der Waals surface area contributed by atoms with Crippen LogP contribution in [0.3, 0.4) is 0 Å². The van der Waals surface area contributed by atoms with E-state index in [9.17, 15) is 4.79 Å². The highest BCUT2D eigenvalue weighted by molar-refractivity contribution is 7.98. The highest BCUT2D eigenvalue weighted by Crippen LogP contribution is 2.28. The van der Waals surface area contributed by atoms with E-state index in [1.165, 1.54) is 0 Å². The van der Waals surface area contributed by atoms with Gasteiger partial charge >= 0.3 is 0 Å². The number of rotatable bonds is 7. The molecule has 1 fully saturated rings. The number of amides is 1. The van der Waals surface area contributed by atoms with Gasteiger partial charge in [0, 0.05) is 34.5 Å². The number of piperidine rings is 1. The summed E-state index contributed by atoms with van der Waals surface area (Å²) in [4.78, 5) is 14.3. The molecule has 1 heterocycles. The Balaban J connectivity index is 1.59. The molecule has 23 heavy (non-hydrogen) atoms. The van der Waals surface area contributed by atoms with Crippen LogP contribution in [0.4, 0.5) is 0 Å². The molecule has 0 spiro atoms. The summed E-state index contributed by atoms with van der Waals surface area (Å²) in [5, 5.41) is 4.43. The first-order valence-electron chi connectivity index (χ1n) is 8.02. The Kier molecular flexibility index (Phi) is 8.04. The Morgan fingerprint density at radius 3 is 2.61 bits per heavy atom. The van der Waals surface area contributed by atoms with Crippen molar-refractivity contribution < 1.29 is 4.79 Å². The molecule has 0 atom stereocenters. The Hall–Kier alpha value is -0.420. The first-order valence-corrected chi connectivity index (χ1v) is 9.93. The quantitative estimate of drug-likeness (QED) is 0.729. The molecule has 0 aromatic heterocycles. The van der Waals surface area contributed by atoms with Crippen molar-refractivity contribution in [1.29, 1.82) is 0 Å². The first-order chi connectivity index (χ1) is 11.1. The standard InChI is InChI=1S/C17H24Cl2N2OS/c1-21-8-5-13(6-9-21)11-17(22)20-7-10-23-12-14-15(18)3-2-4-16(14)19/h2-4,13H,5-12H2,1H3,(H,20,22). The van der Waals surface area contributed by atoms with E-state index in [2.05, 4.69) is 17.3 Å². The van der Waals surface area contributed by atoms with Crippen molar-refractivity contribution in [3.05, 3.63) is 33.8 Å². The number of benzene rings is 1. The smallest absolute Gasteiger partial charge is 0.220 e. The minimum atomic E-state index is 0.177. The number of hydrogen-bond acceptors (Lipinski definition) is 3. The number of hydrogen-bond donors (Lipinski definition) is 1. The number of carbonyl (C=O) groups excluding carboxylic acids is 1. The normalized spacial score (nSPS) is 16.5. The third-order valence-electron chi connectivity index (χ3n) is 4.19. The van der Waals surface area contributed by atoms with Gasteiger partial charge in [-0.25, -0.2) is 0 Å². The van der Waals surface area contributed by atoms with Gasteiger partial charge in [0.15, 0.2) is 0 Å². The molecule has 128 valence electrons. The van der Waals surface area contributed by atoms with Crippen molar-refractivity contribution in [3.8, 4) is 0 Å².